The second-order valence-corrected chi connectivity index (χ2v) is 4.94. The van der Waals surface area contributed by atoms with E-state index in [0.717, 1.165) is 22.1 Å². The number of hydrogen-bond acceptors (Lipinski definition) is 3. The third-order valence-electron chi connectivity index (χ3n) is 3.48. The molecule has 20 heavy (non-hydrogen) atoms. The Hall–Kier alpha value is -2.55. The van der Waals surface area contributed by atoms with Crippen molar-refractivity contribution in [2.45, 2.75) is 13.8 Å². The lowest BCUT2D eigenvalue weighted by molar-refractivity contribution is 0.475. The number of benzene rings is 2. The Balaban J connectivity index is 2.35. The summed E-state index contributed by atoms with van der Waals surface area (Å²) in [4.78, 5) is 12.2. The zero-order chi connectivity index (χ0) is 14.3. The van der Waals surface area contributed by atoms with Gasteiger partial charge in [0.25, 0.3) is 0 Å². The van der Waals surface area contributed by atoms with Crippen LogP contribution in [0.4, 0.5) is 0 Å². The molecule has 0 saturated carbocycles. The molecule has 0 aliphatic heterocycles. The van der Waals surface area contributed by atoms with Crippen LogP contribution in [0.3, 0.4) is 0 Å². The van der Waals surface area contributed by atoms with E-state index in [9.17, 15) is 9.90 Å². The van der Waals surface area contributed by atoms with Gasteiger partial charge in [0, 0.05) is 5.39 Å². The Morgan fingerprint density at radius 1 is 1.00 bits per heavy atom. The fraction of sp³-hybridized carbons (Fsp3) is 0.118. The molecule has 3 aromatic rings. The van der Waals surface area contributed by atoms with Gasteiger partial charge in [-0.15, -0.1) is 0 Å². The lowest BCUT2D eigenvalue weighted by atomic mass is 9.99. The minimum atomic E-state index is -0.357. The van der Waals surface area contributed by atoms with Crippen LogP contribution in [0.15, 0.2) is 51.7 Å². The Kier molecular flexibility index (Phi) is 2.83. The van der Waals surface area contributed by atoms with Crippen LogP contribution >= 0.6 is 0 Å². The number of aromatic hydroxyl groups is 1. The number of phenolic OH excluding ortho intramolecular Hbond substituents is 1. The van der Waals surface area contributed by atoms with Gasteiger partial charge in [-0.25, -0.2) is 4.79 Å². The number of phenols is 1. The van der Waals surface area contributed by atoms with Gasteiger partial charge < -0.3 is 9.52 Å². The number of fused-ring (bicyclic) bond motifs is 1. The van der Waals surface area contributed by atoms with Gasteiger partial charge in [0.15, 0.2) is 0 Å². The third kappa shape index (κ3) is 1.97. The first-order chi connectivity index (χ1) is 9.56. The second-order valence-electron chi connectivity index (χ2n) is 4.94. The molecule has 0 amide bonds. The molecule has 0 fully saturated rings. The summed E-state index contributed by atoms with van der Waals surface area (Å²) in [5.41, 5.74) is 3.54. The van der Waals surface area contributed by atoms with Crippen molar-refractivity contribution in [2.75, 3.05) is 0 Å². The number of rotatable bonds is 1. The van der Waals surface area contributed by atoms with E-state index in [4.69, 9.17) is 4.42 Å². The van der Waals surface area contributed by atoms with Gasteiger partial charge in [-0.2, -0.15) is 0 Å². The molecule has 0 saturated heterocycles. The highest BCUT2D eigenvalue weighted by Crippen LogP contribution is 2.28. The lowest BCUT2D eigenvalue weighted by Gasteiger charge is -2.08. The van der Waals surface area contributed by atoms with Gasteiger partial charge in [-0.1, -0.05) is 23.8 Å². The van der Waals surface area contributed by atoms with Crippen molar-refractivity contribution in [1.82, 2.24) is 0 Å². The topological polar surface area (TPSA) is 50.4 Å². The Morgan fingerprint density at radius 2 is 1.70 bits per heavy atom. The van der Waals surface area contributed by atoms with E-state index in [-0.39, 0.29) is 11.4 Å². The molecule has 0 aliphatic carbocycles. The molecular formula is C17H14O3. The molecule has 1 aromatic heterocycles. The van der Waals surface area contributed by atoms with E-state index in [1.807, 2.05) is 32.0 Å². The molecule has 0 bridgehead atoms. The standard InChI is InChI=1S/C17H14O3/c1-10-3-8-15-14(9-10)11(2)16(17(19)20-15)12-4-6-13(18)7-5-12/h3-9,18H,1-2H3. The van der Waals surface area contributed by atoms with Crippen LogP contribution in [0, 0.1) is 13.8 Å². The van der Waals surface area contributed by atoms with Crippen LogP contribution in [0.2, 0.25) is 0 Å². The van der Waals surface area contributed by atoms with E-state index in [2.05, 4.69) is 0 Å². The summed E-state index contributed by atoms with van der Waals surface area (Å²) in [7, 11) is 0. The minimum absolute atomic E-state index is 0.174. The van der Waals surface area contributed by atoms with Crippen molar-refractivity contribution in [3.63, 3.8) is 0 Å². The fourth-order valence-corrected chi connectivity index (χ4v) is 2.43. The highest BCUT2D eigenvalue weighted by Gasteiger charge is 2.13. The Morgan fingerprint density at radius 3 is 2.40 bits per heavy atom. The summed E-state index contributed by atoms with van der Waals surface area (Å²) < 4.78 is 5.40. The minimum Gasteiger partial charge on any atom is -0.508 e. The van der Waals surface area contributed by atoms with Gasteiger partial charge in [0.1, 0.15) is 11.3 Å². The van der Waals surface area contributed by atoms with Gasteiger partial charge in [0.2, 0.25) is 0 Å². The summed E-state index contributed by atoms with van der Waals surface area (Å²) in [6.45, 7) is 3.92. The first-order valence-electron chi connectivity index (χ1n) is 6.40. The maximum absolute atomic E-state index is 12.2. The molecule has 0 aliphatic rings. The maximum atomic E-state index is 12.2. The first kappa shape index (κ1) is 12.5. The van der Waals surface area contributed by atoms with Crippen molar-refractivity contribution in [1.29, 1.82) is 0 Å². The smallest absolute Gasteiger partial charge is 0.344 e. The van der Waals surface area contributed by atoms with Crippen LogP contribution in [-0.2, 0) is 0 Å². The molecule has 2 aromatic carbocycles. The van der Waals surface area contributed by atoms with Crippen molar-refractivity contribution >= 4 is 11.0 Å². The molecule has 3 heteroatoms. The zero-order valence-corrected chi connectivity index (χ0v) is 11.3. The largest absolute Gasteiger partial charge is 0.508 e. The van der Waals surface area contributed by atoms with Crippen molar-refractivity contribution in [2.24, 2.45) is 0 Å². The summed E-state index contributed by atoms with van der Waals surface area (Å²) in [5.74, 6) is 0.174. The lowest BCUT2D eigenvalue weighted by Crippen LogP contribution is -2.06. The average Bonchev–Trinajstić information content (AvgIpc) is 2.42. The quantitative estimate of drug-likeness (QED) is 0.682. The van der Waals surface area contributed by atoms with Crippen LogP contribution in [0.25, 0.3) is 22.1 Å². The van der Waals surface area contributed by atoms with Crippen molar-refractivity contribution in [3.8, 4) is 16.9 Å². The third-order valence-corrected chi connectivity index (χ3v) is 3.48. The average molecular weight is 266 g/mol. The van der Waals surface area contributed by atoms with Gasteiger partial charge in [0.05, 0.1) is 5.56 Å². The molecule has 100 valence electrons. The van der Waals surface area contributed by atoms with Gasteiger partial charge in [-0.3, -0.25) is 0 Å². The first-order valence-corrected chi connectivity index (χ1v) is 6.40. The highest BCUT2D eigenvalue weighted by atomic mass is 16.4. The molecule has 0 atom stereocenters. The zero-order valence-electron chi connectivity index (χ0n) is 11.3. The molecule has 0 spiro atoms. The summed E-state index contributed by atoms with van der Waals surface area (Å²) in [6, 6.07) is 12.3. The van der Waals surface area contributed by atoms with Crippen molar-refractivity contribution in [3.05, 3.63) is 64.0 Å². The molecule has 0 unspecified atom stereocenters. The maximum Gasteiger partial charge on any atom is 0.344 e. The van der Waals surface area contributed by atoms with Gasteiger partial charge >= 0.3 is 5.63 Å². The monoisotopic (exact) mass is 266 g/mol. The van der Waals surface area contributed by atoms with E-state index >= 15 is 0 Å². The number of aryl methyl sites for hydroxylation is 2. The van der Waals surface area contributed by atoms with Crippen LogP contribution in [0.5, 0.6) is 5.75 Å². The predicted molar refractivity (Wildman–Crippen MR) is 79.1 cm³/mol. The summed E-state index contributed by atoms with van der Waals surface area (Å²) in [6.07, 6.45) is 0. The molecule has 0 radical (unpaired) electrons. The Bertz CT molecular complexity index is 842. The van der Waals surface area contributed by atoms with Gasteiger partial charge in [-0.05, 0) is 49.2 Å². The molecule has 1 N–H and O–H groups in total. The normalized spacial score (nSPS) is 10.9. The van der Waals surface area contributed by atoms with E-state index in [1.165, 1.54) is 0 Å². The van der Waals surface area contributed by atoms with E-state index < -0.39 is 0 Å². The fourth-order valence-electron chi connectivity index (χ4n) is 2.43. The highest BCUT2D eigenvalue weighted by molar-refractivity contribution is 5.87. The van der Waals surface area contributed by atoms with E-state index in [1.54, 1.807) is 24.3 Å². The van der Waals surface area contributed by atoms with Crippen LogP contribution in [0.1, 0.15) is 11.1 Å². The molecule has 1 heterocycles. The van der Waals surface area contributed by atoms with Crippen molar-refractivity contribution < 1.29 is 9.52 Å². The second kappa shape index (κ2) is 4.53. The molecule has 3 rings (SSSR count). The molecule has 3 nitrogen and oxygen atoms in total. The summed E-state index contributed by atoms with van der Waals surface area (Å²) in [5, 5.41) is 10.3. The number of hydrogen-bond donors (Lipinski definition) is 1. The summed E-state index contributed by atoms with van der Waals surface area (Å²) >= 11 is 0. The molecular weight excluding hydrogens is 252 g/mol. The van der Waals surface area contributed by atoms with Crippen LogP contribution in [-0.4, -0.2) is 5.11 Å². The van der Waals surface area contributed by atoms with Crippen LogP contribution < -0.4 is 5.63 Å². The SMILES string of the molecule is Cc1ccc2oc(=O)c(-c3ccc(O)cc3)c(C)c2c1. The Labute approximate surface area is 116 Å². The van der Waals surface area contributed by atoms with E-state index in [0.29, 0.717) is 11.1 Å². The predicted octanol–water partition coefficient (Wildman–Crippen LogP) is 3.78.